The average Bonchev–Trinajstić information content (AvgIpc) is 2.38. The van der Waals surface area contributed by atoms with Crippen LogP contribution in [0.15, 0.2) is 0 Å². The predicted molar refractivity (Wildman–Crippen MR) is 77.8 cm³/mol. The zero-order valence-electron chi connectivity index (χ0n) is 12.8. The first-order valence-corrected chi connectivity index (χ1v) is 8.10. The fourth-order valence-electron chi connectivity index (χ4n) is 4.07. The van der Waals surface area contributed by atoms with Crippen molar-refractivity contribution in [2.24, 2.45) is 5.41 Å². The van der Waals surface area contributed by atoms with E-state index in [1.165, 1.54) is 25.7 Å². The Kier molecular flexibility index (Phi) is 5.21. The lowest BCUT2D eigenvalue weighted by Crippen LogP contribution is -2.65. The summed E-state index contributed by atoms with van der Waals surface area (Å²) in [6.45, 7) is 11.1. The van der Waals surface area contributed by atoms with E-state index in [2.05, 4.69) is 17.1 Å². The molecule has 1 N–H and O–H groups in total. The first-order chi connectivity index (χ1) is 9.22. The van der Waals surface area contributed by atoms with Gasteiger partial charge in [0.15, 0.2) is 0 Å². The summed E-state index contributed by atoms with van der Waals surface area (Å²) in [7, 11) is 0. The van der Waals surface area contributed by atoms with E-state index in [1.807, 2.05) is 13.8 Å². The normalized spacial score (nSPS) is 27.6. The zero-order valence-corrected chi connectivity index (χ0v) is 12.8. The van der Waals surface area contributed by atoms with Crippen LogP contribution in [0.1, 0.15) is 46.5 Å². The molecule has 0 aromatic rings. The minimum absolute atomic E-state index is 0.361. The predicted octanol–water partition coefficient (Wildman–Crippen LogP) is 2.44. The van der Waals surface area contributed by atoms with Gasteiger partial charge in [-0.1, -0.05) is 20.8 Å². The van der Waals surface area contributed by atoms with E-state index in [4.69, 9.17) is 0 Å². The molecule has 1 saturated carbocycles. The summed E-state index contributed by atoms with van der Waals surface area (Å²) in [6.07, 6.45) is 5.02. The highest BCUT2D eigenvalue weighted by atomic mass is 19.2. The second kappa shape index (κ2) is 6.51. The third-order valence-electron chi connectivity index (χ3n) is 4.96. The van der Waals surface area contributed by atoms with Crippen LogP contribution in [-0.4, -0.2) is 54.8 Å². The fourth-order valence-corrected chi connectivity index (χ4v) is 4.07. The van der Waals surface area contributed by atoms with Gasteiger partial charge < -0.3 is 5.32 Å². The SMILES string of the molecule is CC.CCN(C1CCNCC1)C1CC2(C1)CN(F)C2. The Balaban J connectivity index is 0.000000637. The minimum Gasteiger partial charge on any atom is -0.317 e. The van der Waals surface area contributed by atoms with Crippen LogP contribution in [0.3, 0.4) is 0 Å². The molecule has 3 nitrogen and oxygen atoms in total. The highest BCUT2D eigenvalue weighted by Crippen LogP contribution is 2.50. The molecule has 3 fully saturated rings. The van der Waals surface area contributed by atoms with E-state index < -0.39 is 0 Å². The second-order valence-electron chi connectivity index (χ2n) is 6.15. The molecule has 4 heteroatoms. The molecule has 0 aromatic carbocycles. The van der Waals surface area contributed by atoms with Gasteiger partial charge in [-0.15, -0.1) is 9.60 Å². The third kappa shape index (κ3) is 3.11. The van der Waals surface area contributed by atoms with Crippen LogP contribution in [0.2, 0.25) is 0 Å². The molecule has 0 amide bonds. The van der Waals surface area contributed by atoms with Crippen LogP contribution < -0.4 is 5.32 Å². The van der Waals surface area contributed by atoms with Crippen molar-refractivity contribution in [3.8, 4) is 0 Å². The molecule has 2 aliphatic heterocycles. The number of hydrogen-bond donors (Lipinski definition) is 1. The van der Waals surface area contributed by atoms with E-state index in [1.54, 1.807) is 0 Å². The maximum atomic E-state index is 12.8. The summed E-state index contributed by atoms with van der Waals surface area (Å²) in [6, 6.07) is 1.50. The Morgan fingerprint density at radius 2 is 1.74 bits per heavy atom. The van der Waals surface area contributed by atoms with Gasteiger partial charge in [0.05, 0.1) is 0 Å². The van der Waals surface area contributed by atoms with Crippen LogP contribution in [-0.2, 0) is 0 Å². The van der Waals surface area contributed by atoms with Crippen molar-refractivity contribution in [2.45, 2.75) is 58.5 Å². The average molecular weight is 271 g/mol. The van der Waals surface area contributed by atoms with Gasteiger partial charge in [-0.25, -0.2) is 0 Å². The summed E-state index contributed by atoms with van der Waals surface area (Å²) in [4.78, 5) is 2.69. The van der Waals surface area contributed by atoms with E-state index >= 15 is 0 Å². The molecule has 19 heavy (non-hydrogen) atoms. The van der Waals surface area contributed by atoms with Crippen LogP contribution in [0, 0.1) is 5.41 Å². The van der Waals surface area contributed by atoms with Crippen molar-refractivity contribution in [3.63, 3.8) is 0 Å². The number of halogens is 1. The lowest BCUT2D eigenvalue weighted by atomic mass is 9.60. The standard InChI is InChI=1S/C13H24FN3.C2H6/c1-2-17(11-3-5-15-6-4-11)12-7-13(8-12)9-16(14)10-13;1-2/h11-12,15H,2-10H2,1H3;1-2H3. The maximum absolute atomic E-state index is 12.8. The molecule has 112 valence electrons. The Morgan fingerprint density at radius 3 is 2.21 bits per heavy atom. The first kappa shape index (κ1) is 15.2. The Bertz CT molecular complexity index is 265. The highest BCUT2D eigenvalue weighted by molar-refractivity contribution is 5.06. The number of rotatable bonds is 3. The molecule has 0 aromatic heterocycles. The molecule has 1 spiro atoms. The number of nitrogens with zero attached hydrogens (tertiary/aromatic N) is 2. The Hall–Kier alpha value is -0.190. The molecule has 0 unspecified atom stereocenters. The Morgan fingerprint density at radius 1 is 1.16 bits per heavy atom. The molecule has 0 atom stereocenters. The number of piperidine rings is 1. The van der Waals surface area contributed by atoms with Crippen LogP contribution >= 0.6 is 0 Å². The monoisotopic (exact) mass is 271 g/mol. The van der Waals surface area contributed by atoms with Gasteiger partial charge >= 0.3 is 0 Å². The highest BCUT2D eigenvalue weighted by Gasteiger charge is 2.54. The van der Waals surface area contributed by atoms with Crippen LogP contribution in [0.4, 0.5) is 4.48 Å². The lowest BCUT2D eigenvalue weighted by Gasteiger charge is -2.59. The van der Waals surface area contributed by atoms with Crippen molar-refractivity contribution in [3.05, 3.63) is 0 Å². The van der Waals surface area contributed by atoms with Gasteiger partial charge in [0, 0.05) is 30.6 Å². The van der Waals surface area contributed by atoms with Gasteiger partial charge in [0.2, 0.25) is 0 Å². The van der Waals surface area contributed by atoms with E-state index in [9.17, 15) is 4.48 Å². The van der Waals surface area contributed by atoms with Gasteiger partial charge in [-0.05, 0) is 45.3 Å². The minimum atomic E-state index is 0.361. The van der Waals surface area contributed by atoms with Gasteiger partial charge in [0.25, 0.3) is 0 Å². The third-order valence-corrected chi connectivity index (χ3v) is 4.96. The first-order valence-electron chi connectivity index (χ1n) is 8.10. The van der Waals surface area contributed by atoms with Gasteiger partial charge in [0.1, 0.15) is 0 Å². The van der Waals surface area contributed by atoms with Crippen molar-refractivity contribution in [1.29, 1.82) is 0 Å². The van der Waals surface area contributed by atoms with Crippen LogP contribution in [0.25, 0.3) is 0 Å². The molecule has 0 radical (unpaired) electrons. The molecule has 0 bridgehead atoms. The van der Waals surface area contributed by atoms with Crippen LogP contribution in [0.5, 0.6) is 0 Å². The summed E-state index contributed by atoms with van der Waals surface area (Å²) in [5.74, 6) is 0. The van der Waals surface area contributed by atoms with E-state index in [-0.39, 0.29) is 0 Å². The van der Waals surface area contributed by atoms with Crippen molar-refractivity contribution >= 4 is 0 Å². The fraction of sp³-hybridized carbons (Fsp3) is 1.00. The maximum Gasteiger partial charge on any atom is 0.0361 e. The molecule has 1 aliphatic carbocycles. The Labute approximate surface area is 117 Å². The van der Waals surface area contributed by atoms with Crippen molar-refractivity contribution < 1.29 is 4.48 Å². The zero-order chi connectivity index (χ0) is 13.9. The van der Waals surface area contributed by atoms with Gasteiger partial charge in [-0.3, -0.25) is 4.90 Å². The van der Waals surface area contributed by atoms with Crippen molar-refractivity contribution in [2.75, 3.05) is 32.7 Å². The summed E-state index contributed by atoms with van der Waals surface area (Å²) in [5.41, 5.74) is 0.361. The molecule has 2 heterocycles. The largest absolute Gasteiger partial charge is 0.317 e. The molecular formula is C15H30FN3. The summed E-state index contributed by atoms with van der Waals surface area (Å²) < 4.78 is 12.8. The smallest absolute Gasteiger partial charge is 0.0361 e. The molecule has 3 rings (SSSR count). The van der Waals surface area contributed by atoms with Gasteiger partial charge in [-0.2, -0.15) is 0 Å². The quantitative estimate of drug-likeness (QED) is 0.795. The number of hydrogen-bond acceptors (Lipinski definition) is 3. The summed E-state index contributed by atoms with van der Waals surface area (Å²) >= 11 is 0. The lowest BCUT2D eigenvalue weighted by molar-refractivity contribution is -0.192. The topological polar surface area (TPSA) is 18.5 Å². The second-order valence-corrected chi connectivity index (χ2v) is 6.15. The molecule has 2 saturated heterocycles. The van der Waals surface area contributed by atoms with Crippen molar-refractivity contribution in [1.82, 2.24) is 15.3 Å². The molecular weight excluding hydrogens is 241 g/mol. The number of nitrogens with one attached hydrogen (secondary N) is 1. The van der Waals surface area contributed by atoms with E-state index in [0.717, 1.165) is 36.8 Å². The molecule has 3 aliphatic rings. The summed E-state index contributed by atoms with van der Waals surface area (Å²) in [5, 5.41) is 4.40. The van der Waals surface area contributed by atoms with E-state index in [0.29, 0.717) is 18.5 Å².